The number of benzene rings is 2. The molecule has 0 aliphatic carbocycles. The Bertz CT molecular complexity index is 542. The van der Waals surface area contributed by atoms with Gasteiger partial charge in [-0.2, -0.15) is 0 Å². The third kappa shape index (κ3) is 6.18. The van der Waals surface area contributed by atoms with Crippen molar-refractivity contribution in [3.63, 3.8) is 0 Å². The van der Waals surface area contributed by atoms with Crippen LogP contribution in [0.5, 0.6) is 11.5 Å². The van der Waals surface area contributed by atoms with Crippen LogP contribution in [0.3, 0.4) is 0 Å². The van der Waals surface area contributed by atoms with E-state index in [1.165, 1.54) is 0 Å². The first-order chi connectivity index (χ1) is 10.6. The summed E-state index contributed by atoms with van der Waals surface area (Å²) in [5.41, 5.74) is 1.35. The minimum absolute atomic E-state index is 0.0704. The molecule has 2 aromatic carbocycles. The van der Waals surface area contributed by atoms with Gasteiger partial charge in [0, 0.05) is 0 Å². The van der Waals surface area contributed by atoms with Crippen LogP contribution in [0.15, 0.2) is 48.5 Å². The standard InChI is InChI=1S/C9H12O2.C7H9BO3/c1-2-11-9-5-3-4-8(6-9)7-10;1-11-7-4-2-6(3-5-7)8(9)10/h3-6,10H,2,7H2,1H3;2-5,9-10H,1H3. The third-order valence-corrected chi connectivity index (χ3v) is 2.81. The van der Waals surface area contributed by atoms with E-state index in [1.807, 2.05) is 31.2 Å². The number of ether oxygens (including phenoxy) is 2. The van der Waals surface area contributed by atoms with Crippen LogP contribution in [0.4, 0.5) is 0 Å². The lowest BCUT2D eigenvalue weighted by molar-refractivity contribution is 0.280. The van der Waals surface area contributed by atoms with Crippen molar-refractivity contribution in [2.75, 3.05) is 13.7 Å². The van der Waals surface area contributed by atoms with E-state index >= 15 is 0 Å². The van der Waals surface area contributed by atoms with Crippen molar-refractivity contribution in [3.8, 4) is 11.5 Å². The average molecular weight is 304 g/mol. The molecule has 0 saturated carbocycles. The van der Waals surface area contributed by atoms with Crippen molar-refractivity contribution >= 4 is 12.6 Å². The minimum atomic E-state index is -1.40. The molecule has 118 valence electrons. The van der Waals surface area contributed by atoms with E-state index in [1.54, 1.807) is 31.4 Å². The van der Waals surface area contributed by atoms with Gasteiger partial charge in [0.25, 0.3) is 0 Å². The lowest BCUT2D eigenvalue weighted by Gasteiger charge is -2.03. The fourth-order valence-corrected chi connectivity index (χ4v) is 1.68. The first-order valence-electron chi connectivity index (χ1n) is 6.93. The highest BCUT2D eigenvalue weighted by molar-refractivity contribution is 6.58. The Balaban J connectivity index is 0.000000220. The van der Waals surface area contributed by atoms with Gasteiger partial charge in [-0.1, -0.05) is 24.3 Å². The molecule has 2 aromatic rings. The predicted molar refractivity (Wildman–Crippen MR) is 86.4 cm³/mol. The van der Waals surface area contributed by atoms with Gasteiger partial charge in [-0.05, 0) is 42.2 Å². The largest absolute Gasteiger partial charge is 0.497 e. The fraction of sp³-hybridized carbons (Fsp3) is 0.250. The molecule has 3 N–H and O–H groups in total. The van der Waals surface area contributed by atoms with Crippen molar-refractivity contribution in [3.05, 3.63) is 54.1 Å². The summed E-state index contributed by atoms with van der Waals surface area (Å²) < 4.78 is 10.1. The van der Waals surface area contributed by atoms with Gasteiger partial charge in [0.05, 0.1) is 20.3 Å². The molecule has 22 heavy (non-hydrogen) atoms. The molecule has 0 saturated heterocycles. The van der Waals surface area contributed by atoms with E-state index in [9.17, 15) is 0 Å². The molecule has 0 radical (unpaired) electrons. The van der Waals surface area contributed by atoms with E-state index < -0.39 is 7.12 Å². The number of methoxy groups -OCH3 is 1. The molecule has 0 amide bonds. The molecule has 2 rings (SSSR count). The van der Waals surface area contributed by atoms with Crippen LogP contribution in [0, 0.1) is 0 Å². The summed E-state index contributed by atoms with van der Waals surface area (Å²) in [7, 11) is 0.158. The van der Waals surface area contributed by atoms with Gasteiger partial charge < -0.3 is 24.6 Å². The maximum absolute atomic E-state index is 8.77. The van der Waals surface area contributed by atoms with Crippen molar-refractivity contribution in [1.29, 1.82) is 0 Å². The summed E-state index contributed by atoms with van der Waals surface area (Å²) >= 11 is 0. The van der Waals surface area contributed by atoms with Crippen LogP contribution < -0.4 is 14.9 Å². The zero-order valence-electron chi connectivity index (χ0n) is 12.8. The Hall–Kier alpha value is -2.02. The maximum Gasteiger partial charge on any atom is 0.488 e. The normalized spacial score (nSPS) is 9.50. The van der Waals surface area contributed by atoms with Gasteiger partial charge in [0.1, 0.15) is 11.5 Å². The molecule has 0 aromatic heterocycles. The summed E-state index contributed by atoms with van der Waals surface area (Å²) in [5.74, 6) is 1.52. The molecule has 0 heterocycles. The van der Waals surface area contributed by atoms with Crippen LogP contribution in [-0.4, -0.2) is 36.0 Å². The summed E-state index contributed by atoms with van der Waals surface area (Å²) in [6, 6.07) is 14.0. The summed E-state index contributed by atoms with van der Waals surface area (Å²) in [5, 5.41) is 26.2. The zero-order chi connectivity index (χ0) is 16.4. The second-order valence-corrected chi connectivity index (χ2v) is 4.39. The van der Waals surface area contributed by atoms with Crippen molar-refractivity contribution in [2.24, 2.45) is 0 Å². The Morgan fingerprint density at radius 1 is 1.00 bits per heavy atom. The van der Waals surface area contributed by atoms with Gasteiger partial charge >= 0.3 is 7.12 Å². The van der Waals surface area contributed by atoms with E-state index in [4.69, 9.17) is 24.6 Å². The van der Waals surface area contributed by atoms with E-state index in [2.05, 4.69) is 0 Å². The fourth-order valence-electron chi connectivity index (χ4n) is 1.68. The van der Waals surface area contributed by atoms with E-state index in [0.29, 0.717) is 17.8 Å². The quantitative estimate of drug-likeness (QED) is 0.717. The Morgan fingerprint density at radius 3 is 2.18 bits per heavy atom. The Kier molecular flexibility index (Phi) is 8.06. The van der Waals surface area contributed by atoms with E-state index in [0.717, 1.165) is 11.3 Å². The predicted octanol–water partition coefficient (Wildman–Crippen LogP) is 0.953. The van der Waals surface area contributed by atoms with Crippen LogP contribution >= 0.6 is 0 Å². The van der Waals surface area contributed by atoms with E-state index in [-0.39, 0.29) is 6.61 Å². The third-order valence-electron chi connectivity index (χ3n) is 2.81. The molecule has 0 aliphatic heterocycles. The Labute approximate surface area is 130 Å². The highest BCUT2D eigenvalue weighted by atomic mass is 16.5. The maximum atomic E-state index is 8.77. The van der Waals surface area contributed by atoms with Crippen LogP contribution in [0.25, 0.3) is 0 Å². The van der Waals surface area contributed by atoms with Gasteiger partial charge in [-0.3, -0.25) is 0 Å². The number of aliphatic hydroxyl groups excluding tert-OH is 1. The summed E-state index contributed by atoms with van der Waals surface area (Å²) in [6.45, 7) is 2.67. The SMILES string of the molecule is CCOc1cccc(CO)c1.COc1ccc(B(O)O)cc1. The molecule has 0 fully saturated rings. The topological polar surface area (TPSA) is 79.2 Å². The highest BCUT2D eigenvalue weighted by Gasteiger charge is 2.09. The molecule has 0 bridgehead atoms. The Morgan fingerprint density at radius 2 is 1.68 bits per heavy atom. The number of rotatable bonds is 5. The van der Waals surface area contributed by atoms with Gasteiger partial charge in [-0.15, -0.1) is 0 Å². The molecule has 0 aliphatic rings. The second kappa shape index (κ2) is 9.84. The zero-order valence-corrected chi connectivity index (χ0v) is 12.8. The lowest BCUT2D eigenvalue weighted by atomic mass is 9.80. The van der Waals surface area contributed by atoms with Gasteiger partial charge in [-0.25, -0.2) is 0 Å². The molecule has 5 nitrogen and oxygen atoms in total. The monoisotopic (exact) mass is 304 g/mol. The first-order valence-corrected chi connectivity index (χ1v) is 6.93. The van der Waals surface area contributed by atoms with Gasteiger partial charge in [0.15, 0.2) is 0 Å². The van der Waals surface area contributed by atoms with Crippen LogP contribution in [0.2, 0.25) is 0 Å². The lowest BCUT2D eigenvalue weighted by Crippen LogP contribution is -2.29. The average Bonchev–Trinajstić information content (AvgIpc) is 2.56. The molecule has 0 unspecified atom stereocenters. The molecule has 0 spiro atoms. The number of aliphatic hydroxyl groups is 1. The molecule has 0 atom stereocenters. The summed E-state index contributed by atoms with van der Waals surface area (Å²) in [4.78, 5) is 0. The molecular formula is C16H21BO5. The molecule has 6 heteroatoms. The summed E-state index contributed by atoms with van der Waals surface area (Å²) in [6.07, 6.45) is 0. The highest BCUT2D eigenvalue weighted by Crippen LogP contribution is 2.12. The second-order valence-electron chi connectivity index (χ2n) is 4.39. The number of hydrogen-bond donors (Lipinski definition) is 3. The molecular weight excluding hydrogens is 283 g/mol. The van der Waals surface area contributed by atoms with Crippen LogP contribution in [0.1, 0.15) is 12.5 Å². The minimum Gasteiger partial charge on any atom is -0.497 e. The van der Waals surface area contributed by atoms with Gasteiger partial charge in [0.2, 0.25) is 0 Å². The number of hydrogen-bond acceptors (Lipinski definition) is 5. The van der Waals surface area contributed by atoms with Crippen molar-refractivity contribution in [2.45, 2.75) is 13.5 Å². The van der Waals surface area contributed by atoms with Crippen LogP contribution in [-0.2, 0) is 6.61 Å². The first kappa shape index (κ1) is 18.0. The van der Waals surface area contributed by atoms with Crippen molar-refractivity contribution in [1.82, 2.24) is 0 Å². The van der Waals surface area contributed by atoms with Crippen molar-refractivity contribution < 1.29 is 24.6 Å². The smallest absolute Gasteiger partial charge is 0.488 e.